The summed E-state index contributed by atoms with van der Waals surface area (Å²) in [6, 6.07) is 9.93. The Morgan fingerprint density at radius 1 is 1.09 bits per heavy atom. The molecule has 0 aliphatic carbocycles. The summed E-state index contributed by atoms with van der Waals surface area (Å²) in [5.74, 6) is 2.49. The molecule has 5 heteroatoms. The fourth-order valence-corrected chi connectivity index (χ4v) is 2.51. The van der Waals surface area contributed by atoms with E-state index in [0.29, 0.717) is 12.5 Å². The van der Waals surface area contributed by atoms with E-state index < -0.39 is 0 Å². The van der Waals surface area contributed by atoms with Crippen LogP contribution in [-0.4, -0.2) is 30.2 Å². The van der Waals surface area contributed by atoms with Gasteiger partial charge in [0.05, 0.1) is 7.11 Å². The molecule has 1 aromatic heterocycles. The SMILES string of the molecule is CCCN(CCC)c1ccnc(NCc2ccccc2OC)n1. The van der Waals surface area contributed by atoms with Crippen LogP contribution in [0.5, 0.6) is 5.75 Å². The van der Waals surface area contributed by atoms with E-state index in [0.717, 1.165) is 43.1 Å². The number of rotatable bonds is 9. The van der Waals surface area contributed by atoms with Crippen molar-refractivity contribution in [3.05, 3.63) is 42.1 Å². The Labute approximate surface area is 138 Å². The normalized spacial score (nSPS) is 10.4. The van der Waals surface area contributed by atoms with Crippen molar-refractivity contribution in [2.45, 2.75) is 33.2 Å². The molecule has 0 unspecified atom stereocenters. The summed E-state index contributed by atoms with van der Waals surface area (Å²) in [7, 11) is 1.68. The van der Waals surface area contributed by atoms with Gasteiger partial charge in [-0.15, -0.1) is 0 Å². The number of hydrogen-bond acceptors (Lipinski definition) is 5. The molecule has 1 N–H and O–H groups in total. The number of benzene rings is 1. The lowest BCUT2D eigenvalue weighted by Crippen LogP contribution is -2.26. The lowest BCUT2D eigenvalue weighted by Gasteiger charge is -2.22. The summed E-state index contributed by atoms with van der Waals surface area (Å²) in [5.41, 5.74) is 1.09. The average molecular weight is 314 g/mol. The number of nitrogens with one attached hydrogen (secondary N) is 1. The molecule has 1 aromatic carbocycles. The van der Waals surface area contributed by atoms with E-state index in [9.17, 15) is 0 Å². The highest BCUT2D eigenvalue weighted by Crippen LogP contribution is 2.19. The number of methoxy groups -OCH3 is 1. The second-order valence-electron chi connectivity index (χ2n) is 5.39. The Morgan fingerprint density at radius 3 is 2.52 bits per heavy atom. The van der Waals surface area contributed by atoms with Crippen LogP contribution >= 0.6 is 0 Å². The fraction of sp³-hybridized carbons (Fsp3) is 0.444. The molecule has 124 valence electrons. The maximum Gasteiger partial charge on any atom is 0.224 e. The zero-order valence-corrected chi connectivity index (χ0v) is 14.2. The molecule has 0 radical (unpaired) electrons. The van der Waals surface area contributed by atoms with Crippen LogP contribution in [-0.2, 0) is 6.54 Å². The molecule has 0 saturated carbocycles. The summed E-state index contributed by atoms with van der Waals surface area (Å²) in [4.78, 5) is 11.3. The van der Waals surface area contributed by atoms with Crippen molar-refractivity contribution in [1.29, 1.82) is 0 Å². The molecular weight excluding hydrogens is 288 g/mol. The summed E-state index contributed by atoms with van der Waals surface area (Å²) in [6.07, 6.45) is 4.02. The molecule has 0 fully saturated rings. The third-order valence-electron chi connectivity index (χ3n) is 3.58. The van der Waals surface area contributed by atoms with Crippen molar-refractivity contribution >= 4 is 11.8 Å². The van der Waals surface area contributed by atoms with Gasteiger partial charge in [0.15, 0.2) is 0 Å². The minimum atomic E-state index is 0.634. The minimum Gasteiger partial charge on any atom is -0.496 e. The van der Waals surface area contributed by atoms with Crippen LogP contribution in [0.2, 0.25) is 0 Å². The van der Waals surface area contributed by atoms with Gasteiger partial charge in [-0.2, -0.15) is 4.98 Å². The van der Waals surface area contributed by atoms with Gasteiger partial charge >= 0.3 is 0 Å². The third-order valence-corrected chi connectivity index (χ3v) is 3.58. The summed E-state index contributed by atoms with van der Waals surface area (Å²) in [5, 5.41) is 3.29. The highest BCUT2D eigenvalue weighted by atomic mass is 16.5. The molecular formula is C18H26N4O. The van der Waals surface area contributed by atoms with Crippen molar-refractivity contribution in [3.63, 3.8) is 0 Å². The van der Waals surface area contributed by atoms with Gasteiger partial charge in [0, 0.05) is 31.4 Å². The van der Waals surface area contributed by atoms with Crippen LogP contribution in [0.15, 0.2) is 36.5 Å². The van der Waals surface area contributed by atoms with Crippen LogP contribution in [0.25, 0.3) is 0 Å². The summed E-state index contributed by atoms with van der Waals surface area (Å²) < 4.78 is 5.37. The number of ether oxygens (including phenoxy) is 1. The van der Waals surface area contributed by atoms with Gasteiger partial charge in [0.1, 0.15) is 11.6 Å². The first-order chi connectivity index (χ1) is 11.3. The number of anilines is 2. The molecule has 0 spiro atoms. The Hall–Kier alpha value is -2.30. The predicted molar refractivity (Wildman–Crippen MR) is 95.1 cm³/mol. The number of nitrogens with zero attached hydrogens (tertiary/aromatic N) is 3. The van der Waals surface area contributed by atoms with Crippen molar-refractivity contribution in [2.24, 2.45) is 0 Å². The highest BCUT2D eigenvalue weighted by Gasteiger charge is 2.08. The zero-order chi connectivity index (χ0) is 16.5. The van der Waals surface area contributed by atoms with E-state index >= 15 is 0 Å². The van der Waals surface area contributed by atoms with E-state index in [1.54, 1.807) is 7.11 Å². The predicted octanol–water partition coefficient (Wildman–Crippen LogP) is 3.72. The monoisotopic (exact) mass is 314 g/mol. The van der Waals surface area contributed by atoms with Gasteiger partial charge in [-0.25, -0.2) is 4.98 Å². The van der Waals surface area contributed by atoms with Gasteiger partial charge in [0.25, 0.3) is 0 Å². The molecule has 0 saturated heterocycles. The second-order valence-corrected chi connectivity index (χ2v) is 5.39. The average Bonchev–Trinajstić information content (AvgIpc) is 2.60. The molecule has 2 rings (SSSR count). The summed E-state index contributed by atoms with van der Waals surface area (Å²) in [6.45, 7) is 7.03. The quantitative estimate of drug-likeness (QED) is 0.764. The van der Waals surface area contributed by atoms with E-state index in [4.69, 9.17) is 4.74 Å². The van der Waals surface area contributed by atoms with Crippen molar-refractivity contribution in [3.8, 4) is 5.75 Å². The lowest BCUT2D eigenvalue weighted by molar-refractivity contribution is 0.410. The zero-order valence-electron chi connectivity index (χ0n) is 14.2. The number of para-hydroxylation sites is 1. The molecule has 0 aliphatic heterocycles. The number of hydrogen-bond donors (Lipinski definition) is 1. The largest absolute Gasteiger partial charge is 0.496 e. The van der Waals surface area contributed by atoms with E-state index in [1.807, 2.05) is 36.5 Å². The second kappa shape index (κ2) is 8.98. The molecule has 2 aromatic rings. The Kier molecular flexibility index (Phi) is 6.66. The van der Waals surface area contributed by atoms with Gasteiger partial charge < -0.3 is 15.0 Å². The van der Waals surface area contributed by atoms with Crippen molar-refractivity contribution in [2.75, 3.05) is 30.4 Å². The van der Waals surface area contributed by atoms with Crippen molar-refractivity contribution < 1.29 is 4.74 Å². The third kappa shape index (κ3) is 4.84. The first kappa shape index (κ1) is 17.1. The molecule has 0 atom stereocenters. The Morgan fingerprint density at radius 2 is 1.83 bits per heavy atom. The molecule has 0 aliphatic rings. The first-order valence-electron chi connectivity index (χ1n) is 8.22. The van der Waals surface area contributed by atoms with E-state index in [1.165, 1.54) is 0 Å². The Bertz CT molecular complexity index is 597. The van der Waals surface area contributed by atoms with Gasteiger partial charge in [-0.05, 0) is 25.0 Å². The highest BCUT2D eigenvalue weighted by molar-refractivity contribution is 5.43. The molecule has 23 heavy (non-hydrogen) atoms. The standard InChI is InChI=1S/C18H26N4O/c1-4-12-22(13-5-2)17-10-11-19-18(21-17)20-14-15-8-6-7-9-16(15)23-3/h6-11H,4-5,12-14H2,1-3H3,(H,19,20,21). The van der Waals surface area contributed by atoms with Gasteiger partial charge in [-0.3, -0.25) is 0 Å². The van der Waals surface area contributed by atoms with Crippen molar-refractivity contribution in [1.82, 2.24) is 9.97 Å². The topological polar surface area (TPSA) is 50.3 Å². The maximum absolute atomic E-state index is 5.37. The molecule has 0 amide bonds. The van der Waals surface area contributed by atoms with Crippen LogP contribution in [0.3, 0.4) is 0 Å². The Balaban J connectivity index is 2.07. The lowest BCUT2D eigenvalue weighted by atomic mass is 10.2. The van der Waals surface area contributed by atoms with Crippen LogP contribution < -0.4 is 15.0 Å². The van der Waals surface area contributed by atoms with Gasteiger partial charge in [0.2, 0.25) is 5.95 Å². The first-order valence-corrected chi connectivity index (χ1v) is 8.22. The summed E-state index contributed by atoms with van der Waals surface area (Å²) >= 11 is 0. The maximum atomic E-state index is 5.37. The smallest absolute Gasteiger partial charge is 0.224 e. The van der Waals surface area contributed by atoms with Crippen LogP contribution in [0, 0.1) is 0 Å². The molecule has 0 bridgehead atoms. The molecule has 1 heterocycles. The fourth-order valence-electron chi connectivity index (χ4n) is 2.51. The van der Waals surface area contributed by atoms with E-state index in [-0.39, 0.29) is 0 Å². The van der Waals surface area contributed by atoms with Crippen LogP contribution in [0.4, 0.5) is 11.8 Å². The number of aromatic nitrogens is 2. The van der Waals surface area contributed by atoms with E-state index in [2.05, 4.69) is 34.0 Å². The minimum absolute atomic E-state index is 0.634. The van der Waals surface area contributed by atoms with Gasteiger partial charge in [-0.1, -0.05) is 32.0 Å². The molecule has 5 nitrogen and oxygen atoms in total. The van der Waals surface area contributed by atoms with Crippen LogP contribution in [0.1, 0.15) is 32.3 Å².